The number of aliphatic carboxylic acids is 1. The number of anilines is 1. The molecule has 0 unspecified atom stereocenters. The van der Waals surface area contributed by atoms with Crippen molar-refractivity contribution in [1.82, 2.24) is 9.78 Å². The summed E-state index contributed by atoms with van der Waals surface area (Å²) in [5, 5.41) is 13.7. The largest absolute Gasteiger partial charge is 0.479 e. The Morgan fingerprint density at radius 1 is 1.41 bits per heavy atom. The second kappa shape index (κ2) is 5.55. The molecule has 0 amide bonds. The van der Waals surface area contributed by atoms with E-state index in [-0.39, 0.29) is 23.2 Å². The van der Waals surface area contributed by atoms with E-state index < -0.39 is 17.1 Å². The predicted octanol–water partition coefficient (Wildman–Crippen LogP) is 1.35. The number of aliphatic imine (C=N–C) groups is 1. The summed E-state index contributed by atoms with van der Waals surface area (Å²) in [6.45, 7) is 7.57. The maximum atomic E-state index is 12.6. The van der Waals surface area contributed by atoms with Crippen molar-refractivity contribution in [2.45, 2.75) is 58.0 Å². The van der Waals surface area contributed by atoms with Gasteiger partial charge in [-0.3, -0.25) is 9.79 Å². The lowest BCUT2D eigenvalue weighted by Gasteiger charge is -2.18. The summed E-state index contributed by atoms with van der Waals surface area (Å²) in [6.07, 6.45) is 2.24. The third-order valence-electron chi connectivity index (χ3n) is 3.77. The Balaban J connectivity index is 2.71. The van der Waals surface area contributed by atoms with Gasteiger partial charge in [-0.25, -0.2) is 9.48 Å². The normalized spacial score (nSPS) is 16.6. The van der Waals surface area contributed by atoms with Gasteiger partial charge in [0.05, 0.1) is 16.9 Å². The second-order valence-electron chi connectivity index (χ2n) is 6.29. The van der Waals surface area contributed by atoms with E-state index in [1.165, 1.54) is 6.21 Å². The van der Waals surface area contributed by atoms with Gasteiger partial charge >= 0.3 is 5.97 Å². The minimum atomic E-state index is -1.23. The quantitative estimate of drug-likeness (QED) is 0.798. The highest BCUT2D eigenvalue weighted by atomic mass is 16.4. The van der Waals surface area contributed by atoms with Crippen LogP contribution in [-0.2, 0) is 10.3 Å². The molecule has 0 aliphatic heterocycles. The van der Waals surface area contributed by atoms with E-state index in [9.17, 15) is 14.7 Å². The van der Waals surface area contributed by atoms with Crippen molar-refractivity contribution >= 4 is 17.9 Å². The fraction of sp³-hybridized carbons (Fsp3) is 0.600. The van der Waals surface area contributed by atoms with Crippen LogP contribution in [0.1, 0.15) is 57.7 Å². The van der Waals surface area contributed by atoms with Crippen LogP contribution in [0.5, 0.6) is 0 Å². The average Bonchev–Trinajstić information content (AvgIpc) is 3.19. The number of nitrogens with zero attached hydrogens (tertiary/aromatic N) is 3. The van der Waals surface area contributed by atoms with Gasteiger partial charge < -0.3 is 10.8 Å². The molecular weight excluding hydrogens is 284 g/mol. The Kier molecular flexibility index (Phi) is 4.08. The molecule has 22 heavy (non-hydrogen) atoms. The lowest BCUT2D eigenvalue weighted by molar-refractivity contribution is -0.143. The minimum Gasteiger partial charge on any atom is -0.479 e. The van der Waals surface area contributed by atoms with Gasteiger partial charge in [0.25, 0.3) is 5.56 Å². The SMILES string of the molecule is CC(C)N=Cc1c(N)c(C(C)C)nn(C2(C(=O)O)CC2)c1=O. The topological polar surface area (TPSA) is 111 Å². The van der Waals surface area contributed by atoms with Crippen molar-refractivity contribution in [2.75, 3.05) is 5.73 Å². The number of nitrogen functional groups attached to an aromatic ring is 1. The lowest BCUT2D eigenvalue weighted by Crippen LogP contribution is -2.41. The molecule has 1 aliphatic rings. The Morgan fingerprint density at radius 2 is 2.00 bits per heavy atom. The van der Waals surface area contributed by atoms with E-state index >= 15 is 0 Å². The van der Waals surface area contributed by atoms with E-state index in [0.717, 1.165) is 4.68 Å². The first-order valence-corrected chi connectivity index (χ1v) is 7.40. The number of rotatable bonds is 5. The van der Waals surface area contributed by atoms with E-state index in [4.69, 9.17) is 5.73 Å². The Morgan fingerprint density at radius 3 is 2.41 bits per heavy atom. The summed E-state index contributed by atoms with van der Waals surface area (Å²) in [5.74, 6) is -1.06. The van der Waals surface area contributed by atoms with Crippen molar-refractivity contribution in [2.24, 2.45) is 4.99 Å². The standard InChI is InChI=1S/C15H22N4O3/c1-8(2)12-11(16)10(7-17-9(3)4)13(20)19(18-12)15(5-6-15)14(21)22/h7-9H,5-6,16H2,1-4H3,(H,21,22). The minimum absolute atomic E-state index is 0.0114. The number of hydrogen-bond donors (Lipinski definition) is 2. The van der Waals surface area contributed by atoms with Crippen molar-refractivity contribution in [3.05, 3.63) is 21.6 Å². The number of carboxylic acids is 1. The number of carbonyl (C=O) groups is 1. The molecule has 1 heterocycles. The molecule has 1 aromatic rings. The summed E-state index contributed by atoms with van der Waals surface area (Å²) in [7, 11) is 0. The molecule has 0 spiro atoms. The third kappa shape index (κ3) is 2.63. The van der Waals surface area contributed by atoms with E-state index in [1.54, 1.807) is 0 Å². The predicted molar refractivity (Wildman–Crippen MR) is 84.6 cm³/mol. The fourth-order valence-electron chi connectivity index (χ4n) is 2.27. The molecule has 7 nitrogen and oxygen atoms in total. The third-order valence-corrected chi connectivity index (χ3v) is 3.77. The number of nitrogens with two attached hydrogens (primary N) is 1. The van der Waals surface area contributed by atoms with Crippen LogP contribution in [0.15, 0.2) is 9.79 Å². The van der Waals surface area contributed by atoms with Crippen molar-refractivity contribution in [3.8, 4) is 0 Å². The van der Waals surface area contributed by atoms with Gasteiger partial charge in [0.1, 0.15) is 0 Å². The van der Waals surface area contributed by atoms with Crippen molar-refractivity contribution in [3.63, 3.8) is 0 Å². The summed E-state index contributed by atoms with van der Waals surface area (Å²) in [4.78, 5) is 28.4. The monoisotopic (exact) mass is 306 g/mol. The summed E-state index contributed by atoms with van der Waals surface area (Å²) in [5.41, 5.74) is 5.37. The van der Waals surface area contributed by atoms with Gasteiger partial charge in [0.15, 0.2) is 5.54 Å². The van der Waals surface area contributed by atoms with Gasteiger partial charge in [0, 0.05) is 12.3 Å². The van der Waals surface area contributed by atoms with Crippen LogP contribution < -0.4 is 11.3 Å². The van der Waals surface area contributed by atoms with Gasteiger partial charge in [-0.1, -0.05) is 13.8 Å². The first-order chi connectivity index (χ1) is 10.2. The van der Waals surface area contributed by atoms with Crippen LogP contribution in [0.3, 0.4) is 0 Å². The summed E-state index contributed by atoms with van der Waals surface area (Å²) in [6, 6.07) is 0.0114. The number of hydrogen-bond acceptors (Lipinski definition) is 5. The van der Waals surface area contributed by atoms with Crippen molar-refractivity contribution < 1.29 is 9.90 Å². The fourth-order valence-corrected chi connectivity index (χ4v) is 2.27. The van der Waals surface area contributed by atoms with Crippen LogP contribution in [0.4, 0.5) is 5.69 Å². The maximum Gasteiger partial charge on any atom is 0.331 e. The molecule has 7 heteroatoms. The van der Waals surface area contributed by atoms with Crippen molar-refractivity contribution in [1.29, 1.82) is 0 Å². The molecule has 2 rings (SSSR count). The van der Waals surface area contributed by atoms with E-state index in [2.05, 4.69) is 10.1 Å². The van der Waals surface area contributed by atoms with Crippen LogP contribution in [-0.4, -0.2) is 33.1 Å². The molecule has 1 aromatic heterocycles. The Labute approximate surface area is 128 Å². The van der Waals surface area contributed by atoms with Crippen LogP contribution in [0.2, 0.25) is 0 Å². The van der Waals surface area contributed by atoms with E-state index in [1.807, 2.05) is 27.7 Å². The summed E-state index contributed by atoms with van der Waals surface area (Å²) < 4.78 is 1.09. The van der Waals surface area contributed by atoms with E-state index in [0.29, 0.717) is 18.5 Å². The Hall–Kier alpha value is -2.18. The molecule has 3 N–H and O–H groups in total. The van der Waals surface area contributed by atoms with Crippen LogP contribution >= 0.6 is 0 Å². The van der Waals surface area contributed by atoms with Gasteiger partial charge in [-0.2, -0.15) is 5.10 Å². The zero-order valence-corrected chi connectivity index (χ0v) is 13.3. The van der Waals surface area contributed by atoms with Gasteiger partial charge in [0.2, 0.25) is 0 Å². The van der Waals surface area contributed by atoms with Gasteiger partial charge in [-0.15, -0.1) is 0 Å². The molecular formula is C15H22N4O3. The highest BCUT2D eigenvalue weighted by Crippen LogP contribution is 2.42. The molecule has 0 aromatic carbocycles. The van der Waals surface area contributed by atoms with Crippen LogP contribution in [0, 0.1) is 0 Å². The molecule has 0 radical (unpaired) electrons. The molecule has 0 bridgehead atoms. The molecule has 0 saturated heterocycles. The number of carboxylic acid groups (broad SMARTS) is 1. The number of aromatic nitrogens is 2. The van der Waals surface area contributed by atoms with Gasteiger partial charge in [-0.05, 0) is 32.6 Å². The smallest absolute Gasteiger partial charge is 0.331 e. The molecule has 1 saturated carbocycles. The molecule has 0 atom stereocenters. The molecule has 120 valence electrons. The summed E-state index contributed by atoms with van der Waals surface area (Å²) >= 11 is 0. The second-order valence-corrected chi connectivity index (χ2v) is 6.29. The van der Waals surface area contributed by atoms with Crippen LogP contribution in [0.25, 0.3) is 0 Å². The first-order valence-electron chi connectivity index (χ1n) is 7.40. The highest BCUT2D eigenvalue weighted by Gasteiger charge is 2.54. The maximum absolute atomic E-state index is 12.6. The highest BCUT2D eigenvalue weighted by molar-refractivity contribution is 5.87. The lowest BCUT2D eigenvalue weighted by atomic mass is 10.1. The molecule has 1 fully saturated rings. The molecule has 1 aliphatic carbocycles. The Bertz CT molecular complexity index is 685. The first kappa shape index (κ1) is 16.2. The zero-order chi connectivity index (χ0) is 16.7. The average molecular weight is 306 g/mol. The zero-order valence-electron chi connectivity index (χ0n) is 13.3.